The number of hydrogen-bond acceptors (Lipinski definition) is 3. The van der Waals surface area contributed by atoms with E-state index in [-0.39, 0.29) is 11.8 Å². The van der Waals surface area contributed by atoms with E-state index in [0.717, 1.165) is 31.6 Å². The summed E-state index contributed by atoms with van der Waals surface area (Å²) in [5.41, 5.74) is 1.86. The van der Waals surface area contributed by atoms with Crippen LogP contribution < -0.4 is 10.1 Å². The van der Waals surface area contributed by atoms with Gasteiger partial charge < -0.3 is 15.0 Å². The highest BCUT2D eigenvalue weighted by Crippen LogP contribution is 2.22. The van der Waals surface area contributed by atoms with E-state index in [0.29, 0.717) is 29.5 Å². The molecule has 1 aliphatic rings. The molecule has 1 heterocycles. The number of likely N-dealkylation sites (tertiary alicyclic amines) is 1. The van der Waals surface area contributed by atoms with Gasteiger partial charge in [-0.25, -0.2) is 0 Å². The molecular formula is C23H28N2O3. The molecule has 1 fully saturated rings. The lowest BCUT2D eigenvalue weighted by atomic mass is 9.98. The molecule has 0 saturated carbocycles. The average molecular weight is 380 g/mol. The van der Waals surface area contributed by atoms with E-state index in [1.54, 1.807) is 24.3 Å². The molecule has 0 bridgehead atoms. The van der Waals surface area contributed by atoms with Gasteiger partial charge >= 0.3 is 0 Å². The Hall–Kier alpha value is -2.82. The second-order valence-electron chi connectivity index (χ2n) is 7.05. The van der Waals surface area contributed by atoms with Crippen molar-refractivity contribution in [2.45, 2.75) is 45.6 Å². The number of anilines is 1. The Balaban J connectivity index is 1.64. The van der Waals surface area contributed by atoms with Gasteiger partial charge in [-0.3, -0.25) is 9.59 Å². The van der Waals surface area contributed by atoms with Crippen molar-refractivity contribution in [2.24, 2.45) is 0 Å². The van der Waals surface area contributed by atoms with Crippen molar-refractivity contribution in [1.29, 1.82) is 0 Å². The molecular weight excluding hydrogens is 352 g/mol. The lowest BCUT2D eigenvalue weighted by molar-refractivity contribution is 0.0607. The summed E-state index contributed by atoms with van der Waals surface area (Å²) in [5.74, 6) is 0.629. The van der Waals surface area contributed by atoms with Crippen LogP contribution in [0.15, 0.2) is 48.5 Å². The van der Waals surface area contributed by atoms with E-state index in [1.807, 2.05) is 36.1 Å². The zero-order chi connectivity index (χ0) is 19.9. The Morgan fingerprint density at radius 1 is 1.00 bits per heavy atom. The van der Waals surface area contributed by atoms with Crippen molar-refractivity contribution >= 4 is 17.5 Å². The number of nitrogens with zero attached hydrogens (tertiary/aromatic N) is 1. The number of benzene rings is 2. The van der Waals surface area contributed by atoms with Crippen molar-refractivity contribution in [1.82, 2.24) is 4.90 Å². The molecule has 0 aliphatic carbocycles. The standard InChI is InChI=1S/C23H28N2O3/c1-3-20-7-5-6-16-25(20)23(27)18-10-8-17(9-11-18)22(26)24-19-12-14-21(15-13-19)28-4-2/h8-15,20H,3-7,16H2,1-2H3,(H,24,26). The van der Waals surface area contributed by atoms with Crippen LogP contribution in [-0.2, 0) is 0 Å². The Bertz CT molecular complexity index is 800. The summed E-state index contributed by atoms with van der Waals surface area (Å²) in [6, 6.07) is 14.5. The predicted octanol–water partition coefficient (Wildman–Crippen LogP) is 4.74. The molecule has 2 amide bonds. The number of nitrogens with one attached hydrogen (secondary N) is 1. The molecule has 0 aromatic heterocycles. The van der Waals surface area contributed by atoms with Crippen LogP contribution in [0.25, 0.3) is 0 Å². The SMILES string of the molecule is CCOc1ccc(NC(=O)c2ccc(C(=O)N3CCCCC3CC)cc2)cc1. The van der Waals surface area contributed by atoms with Gasteiger partial charge in [0.15, 0.2) is 0 Å². The smallest absolute Gasteiger partial charge is 0.255 e. The predicted molar refractivity (Wildman–Crippen MR) is 111 cm³/mol. The van der Waals surface area contributed by atoms with Gasteiger partial charge in [-0.1, -0.05) is 6.92 Å². The largest absolute Gasteiger partial charge is 0.494 e. The van der Waals surface area contributed by atoms with E-state index < -0.39 is 0 Å². The molecule has 0 radical (unpaired) electrons. The van der Waals surface area contributed by atoms with Crippen molar-refractivity contribution in [3.05, 3.63) is 59.7 Å². The van der Waals surface area contributed by atoms with Crippen LogP contribution in [0.1, 0.15) is 60.2 Å². The monoisotopic (exact) mass is 380 g/mol. The zero-order valence-corrected chi connectivity index (χ0v) is 16.6. The van der Waals surface area contributed by atoms with Crippen molar-refractivity contribution in [3.8, 4) is 5.75 Å². The maximum Gasteiger partial charge on any atom is 0.255 e. The number of ether oxygens (including phenoxy) is 1. The van der Waals surface area contributed by atoms with Crippen molar-refractivity contribution in [2.75, 3.05) is 18.5 Å². The van der Waals surface area contributed by atoms with Gasteiger partial charge in [-0.05, 0) is 81.1 Å². The lowest BCUT2D eigenvalue weighted by Crippen LogP contribution is -2.43. The van der Waals surface area contributed by atoms with Crippen LogP contribution in [-0.4, -0.2) is 35.9 Å². The van der Waals surface area contributed by atoms with Gasteiger partial charge in [-0.2, -0.15) is 0 Å². The number of hydrogen-bond donors (Lipinski definition) is 1. The Kier molecular flexibility index (Phi) is 6.69. The summed E-state index contributed by atoms with van der Waals surface area (Å²) in [7, 11) is 0. The maximum absolute atomic E-state index is 12.8. The highest BCUT2D eigenvalue weighted by Gasteiger charge is 2.26. The molecule has 2 aromatic rings. The number of carbonyl (C=O) groups excluding carboxylic acids is 2. The normalized spacial score (nSPS) is 16.5. The van der Waals surface area contributed by atoms with Gasteiger partial charge in [-0.15, -0.1) is 0 Å². The molecule has 3 rings (SSSR count). The van der Waals surface area contributed by atoms with E-state index in [4.69, 9.17) is 4.74 Å². The average Bonchev–Trinajstić information content (AvgIpc) is 2.75. The number of carbonyl (C=O) groups is 2. The lowest BCUT2D eigenvalue weighted by Gasteiger charge is -2.35. The van der Waals surface area contributed by atoms with E-state index in [9.17, 15) is 9.59 Å². The third kappa shape index (κ3) is 4.71. The van der Waals surface area contributed by atoms with Crippen LogP contribution in [0.3, 0.4) is 0 Å². The molecule has 0 spiro atoms. The van der Waals surface area contributed by atoms with E-state index in [1.165, 1.54) is 6.42 Å². The molecule has 28 heavy (non-hydrogen) atoms. The Labute approximate surface area is 166 Å². The molecule has 1 atom stereocenters. The maximum atomic E-state index is 12.8. The van der Waals surface area contributed by atoms with Crippen LogP contribution in [0, 0.1) is 0 Å². The fourth-order valence-corrected chi connectivity index (χ4v) is 3.63. The van der Waals surface area contributed by atoms with Gasteiger partial charge in [0.25, 0.3) is 11.8 Å². The van der Waals surface area contributed by atoms with Gasteiger partial charge in [0.1, 0.15) is 5.75 Å². The molecule has 5 heteroatoms. The molecule has 1 aliphatic heterocycles. The van der Waals surface area contributed by atoms with E-state index >= 15 is 0 Å². The van der Waals surface area contributed by atoms with Gasteiger partial charge in [0.05, 0.1) is 6.61 Å². The first-order valence-corrected chi connectivity index (χ1v) is 10.1. The van der Waals surface area contributed by atoms with Crippen molar-refractivity contribution in [3.63, 3.8) is 0 Å². The van der Waals surface area contributed by atoms with Crippen LogP contribution in [0.5, 0.6) is 5.75 Å². The second-order valence-corrected chi connectivity index (χ2v) is 7.05. The number of rotatable bonds is 6. The minimum absolute atomic E-state index is 0.0602. The van der Waals surface area contributed by atoms with Crippen molar-refractivity contribution < 1.29 is 14.3 Å². The summed E-state index contributed by atoms with van der Waals surface area (Å²) in [6.07, 6.45) is 4.30. The minimum Gasteiger partial charge on any atom is -0.494 e. The first kappa shape index (κ1) is 19.9. The molecule has 1 unspecified atom stereocenters. The van der Waals surface area contributed by atoms with Crippen LogP contribution >= 0.6 is 0 Å². The highest BCUT2D eigenvalue weighted by molar-refractivity contribution is 6.05. The fourth-order valence-electron chi connectivity index (χ4n) is 3.63. The molecule has 2 aromatic carbocycles. The van der Waals surface area contributed by atoms with Crippen LogP contribution in [0.4, 0.5) is 5.69 Å². The highest BCUT2D eigenvalue weighted by atomic mass is 16.5. The van der Waals surface area contributed by atoms with E-state index in [2.05, 4.69) is 12.2 Å². The van der Waals surface area contributed by atoms with Gasteiger partial charge in [0, 0.05) is 29.4 Å². The topological polar surface area (TPSA) is 58.6 Å². The molecule has 1 saturated heterocycles. The molecule has 5 nitrogen and oxygen atoms in total. The fraction of sp³-hybridized carbons (Fsp3) is 0.391. The molecule has 148 valence electrons. The summed E-state index contributed by atoms with van der Waals surface area (Å²) in [6.45, 7) is 5.48. The summed E-state index contributed by atoms with van der Waals surface area (Å²) < 4.78 is 5.40. The summed E-state index contributed by atoms with van der Waals surface area (Å²) in [5, 5.41) is 2.87. The number of amides is 2. The number of piperidine rings is 1. The van der Waals surface area contributed by atoms with Gasteiger partial charge in [0.2, 0.25) is 0 Å². The third-order valence-electron chi connectivity index (χ3n) is 5.18. The summed E-state index contributed by atoms with van der Waals surface area (Å²) in [4.78, 5) is 27.3. The molecule has 1 N–H and O–H groups in total. The third-order valence-corrected chi connectivity index (χ3v) is 5.18. The minimum atomic E-state index is -0.201. The second kappa shape index (κ2) is 9.40. The zero-order valence-electron chi connectivity index (χ0n) is 16.6. The summed E-state index contributed by atoms with van der Waals surface area (Å²) >= 11 is 0. The first-order chi connectivity index (χ1) is 13.6. The quantitative estimate of drug-likeness (QED) is 0.787. The Morgan fingerprint density at radius 3 is 2.32 bits per heavy atom. The first-order valence-electron chi connectivity index (χ1n) is 10.1. The van der Waals surface area contributed by atoms with Crippen LogP contribution in [0.2, 0.25) is 0 Å². The Morgan fingerprint density at radius 2 is 1.68 bits per heavy atom.